The van der Waals surface area contributed by atoms with Gasteiger partial charge < -0.3 is 4.74 Å². The molecule has 102 valence electrons. The van der Waals surface area contributed by atoms with Crippen LogP contribution in [0.2, 0.25) is 0 Å². The van der Waals surface area contributed by atoms with Crippen molar-refractivity contribution >= 4 is 0 Å². The minimum absolute atomic E-state index is 0.275. The number of nitriles is 1. The highest BCUT2D eigenvalue weighted by molar-refractivity contribution is 5.66. The summed E-state index contributed by atoms with van der Waals surface area (Å²) in [7, 11) is 1.61. The van der Waals surface area contributed by atoms with E-state index in [0.29, 0.717) is 5.69 Å². The third-order valence-corrected chi connectivity index (χ3v) is 3.05. The summed E-state index contributed by atoms with van der Waals surface area (Å²) in [5, 5.41) is 17.2. The van der Waals surface area contributed by atoms with Crippen molar-refractivity contribution in [3.8, 4) is 28.8 Å². The van der Waals surface area contributed by atoms with Gasteiger partial charge in [0.25, 0.3) is 0 Å². The summed E-state index contributed by atoms with van der Waals surface area (Å²) in [4.78, 5) is 3.99. The highest BCUT2D eigenvalue weighted by atomic mass is 16.5. The third-order valence-electron chi connectivity index (χ3n) is 3.05. The van der Waals surface area contributed by atoms with Crippen molar-refractivity contribution in [3.05, 3.63) is 54.5 Å². The van der Waals surface area contributed by atoms with Crippen LogP contribution >= 0.6 is 0 Å². The zero-order valence-electron chi connectivity index (χ0n) is 11.3. The van der Waals surface area contributed by atoms with Crippen molar-refractivity contribution in [2.75, 3.05) is 7.11 Å². The Kier molecular flexibility index (Phi) is 3.31. The van der Waals surface area contributed by atoms with Crippen LogP contribution in [0.25, 0.3) is 16.9 Å². The van der Waals surface area contributed by atoms with Gasteiger partial charge in [-0.3, -0.25) is 4.98 Å². The molecule has 0 amide bonds. The number of pyridine rings is 1. The zero-order valence-corrected chi connectivity index (χ0v) is 11.3. The van der Waals surface area contributed by atoms with Crippen LogP contribution in [-0.4, -0.2) is 27.1 Å². The Morgan fingerprint density at radius 3 is 2.43 bits per heavy atom. The molecule has 0 saturated heterocycles. The lowest BCUT2D eigenvalue weighted by molar-refractivity contribution is 0.414. The summed E-state index contributed by atoms with van der Waals surface area (Å²) in [5.74, 6) is 0.754. The minimum atomic E-state index is 0.275. The normalized spacial score (nSPS) is 10.1. The van der Waals surface area contributed by atoms with E-state index in [1.807, 2.05) is 36.4 Å². The van der Waals surface area contributed by atoms with E-state index in [4.69, 9.17) is 4.74 Å². The summed E-state index contributed by atoms with van der Waals surface area (Å²) in [5.41, 5.74) is 2.56. The van der Waals surface area contributed by atoms with Gasteiger partial charge in [-0.25, -0.2) is 4.68 Å². The summed E-state index contributed by atoms with van der Waals surface area (Å²) in [6.45, 7) is 0. The van der Waals surface area contributed by atoms with Crippen molar-refractivity contribution in [3.63, 3.8) is 0 Å². The molecule has 6 nitrogen and oxygen atoms in total. The molecule has 0 unspecified atom stereocenters. The average molecular weight is 277 g/mol. The fraction of sp³-hybridized carbons (Fsp3) is 0.0667. The molecule has 0 fully saturated rings. The van der Waals surface area contributed by atoms with E-state index in [9.17, 15) is 5.26 Å². The lowest BCUT2D eigenvalue weighted by Gasteiger charge is -2.07. The Labute approximate surface area is 121 Å². The van der Waals surface area contributed by atoms with Crippen molar-refractivity contribution in [2.45, 2.75) is 0 Å². The average Bonchev–Trinajstić information content (AvgIpc) is 2.99. The molecule has 6 heteroatoms. The molecular weight excluding hydrogens is 266 g/mol. The molecule has 3 aromatic rings. The lowest BCUT2D eigenvalue weighted by atomic mass is 10.1. The number of rotatable bonds is 3. The van der Waals surface area contributed by atoms with Gasteiger partial charge >= 0.3 is 0 Å². The van der Waals surface area contributed by atoms with Crippen LogP contribution in [0.1, 0.15) is 5.69 Å². The molecule has 0 aliphatic rings. The minimum Gasteiger partial charge on any atom is -0.497 e. The van der Waals surface area contributed by atoms with E-state index >= 15 is 0 Å². The molecule has 1 aromatic carbocycles. The Balaban J connectivity index is 2.15. The fourth-order valence-electron chi connectivity index (χ4n) is 2.03. The molecule has 0 bridgehead atoms. The molecule has 3 rings (SSSR count). The molecule has 21 heavy (non-hydrogen) atoms. The van der Waals surface area contributed by atoms with E-state index in [1.165, 1.54) is 0 Å². The largest absolute Gasteiger partial charge is 0.497 e. The smallest absolute Gasteiger partial charge is 0.191 e. The van der Waals surface area contributed by atoms with Gasteiger partial charge in [0, 0.05) is 18.0 Å². The second kappa shape index (κ2) is 5.43. The predicted molar refractivity (Wildman–Crippen MR) is 75.9 cm³/mol. The lowest BCUT2D eigenvalue weighted by Crippen LogP contribution is -2.00. The maximum atomic E-state index is 9.22. The van der Waals surface area contributed by atoms with Crippen molar-refractivity contribution in [2.24, 2.45) is 0 Å². The van der Waals surface area contributed by atoms with Gasteiger partial charge in [0.15, 0.2) is 5.69 Å². The molecule has 2 heterocycles. The van der Waals surface area contributed by atoms with Gasteiger partial charge in [-0.05, 0) is 36.4 Å². The molecule has 0 aliphatic heterocycles. The summed E-state index contributed by atoms with van der Waals surface area (Å²) >= 11 is 0. The molecule has 2 aromatic heterocycles. The predicted octanol–water partition coefficient (Wildman–Crippen LogP) is 2.21. The fourth-order valence-corrected chi connectivity index (χ4v) is 2.03. The summed E-state index contributed by atoms with van der Waals surface area (Å²) in [6.07, 6.45) is 3.34. The van der Waals surface area contributed by atoms with Crippen LogP contribution in [0.3, 0.4) is 0 Å². The standard InChI is InChI=1S/C15H11N5O/c1-21-13-4-2-12(3-5-13)20-15(14(10-16)18-19-20)11-6-8-17-9-7-11/h2-9H,1H3. The molecule has 0 atom stereocenters. The maximum Gasteiger partial charge on any atom is 0.191 e. The van der Waals surface area contributed by atoms with Gasteiger partial charge in [-0.2, -0.15) is 5.26 Å². The van der Waals surface area contributed by atoms with E-state index in [-0.39, 0.29) is 5.69 Å². The second-order valence-electron chi connectivity index (χ2n) is 4.24. The van der Waals surface area contributed by atoms with E-state index < -0.39 is 0 Å². The van der Waals surface area contributed by atoms with Crippen molar-refractivity contribution in [1.29, 1.82) is 5.26 Å². The first kappa shape index (κ1) is 12.8. The first-order valence-electron chi connectivity index (χ1n) is 6.24. The van der Waals surface area contributed by atoms with Crippen LogP contribution in [-0.2, 0) is 0 Å². The van der Waals surface area contributed by atoms with Crippen LogP contribution < -0.4 is 4.74 Å². The number of aromatic nitrogens is 4. The molecule has 0 radical (unpaired) electrons. The quantitative estimate of drug-likeness (QED) is 0.733. The Morgan fingerprint density at radius 2 is 1.81 bits per heavy atom. The Bertz CT molecular complexity index is 787. The Morgan fingerprint density at radius 1 is 1.10 bits per heavy atom. The van der Waals surface area contributed by atoms with Crippen LogP contribution in [0.15, 0.2) is 48.8 Å². The number of ether oxygens (including phenoxy) is 1. The first-order valence-corrected chi connectivity index (χ1v) is 6.24. The van der Waals surface area contributed by atoms with Gasteiger partial charge in [-0.15, -0.1) is 5.10 Å². The summed E-state index contributed by atoms with van der Waals surface area (Å²) < 4.78 is 6.77. The third kappa shape index (κ3) is 2.32. The van der Waals surface area contributed by atoms with Crippen LogP contribution in [0.4, 0.5) is 0 Å². The van der Waals surface area contributed by atoms with Gasteiger partial charge in [-0.1, -0.05) is 5.21 Å². The number of hydrogen-bond donors (Lipinski definition) is 0. The molecular formula is C15H11N5O. The number of methoxy groups -OCH3 is 1. The summed E-state index contributed by atoms with van der Waals surface area (Å²) in [6, 6.07) is 13.1. The molecule has 0 saturated carbocycles. The number of hydrogen-bond acceptors (Lipinski definition) is 5. The Hall–Kier alpha value is -3.20. The van der Waals surface area contributed by atoms with E-state index in [2.05, 4.69) is 21.4 Å². The first-order chi connectivity index (χ1) is 10.3. The molecule has 0 spiro atoms. The van der Waals surface area contributed by atoms with E-state index in [0.717, 1.165) is 17.0 Å². The highest BCUT2D eigenvalue weighted by Crippen LogP contribution is 2.25. The molecule has 0 N–H and O–H groups in total. The van der Waals surface area contributed by atoms with Crippen molar-refractivity contribution in [1.82, 2.24) is 20.0 Å². The van der Waals surface area contributed by atoms with Gasteiger partial charge in [0.2, 0.25) is 0 Å². The SMILES string of the molecule is COc1ccc(-n2nnc(C#N)c2-c2ccncc2)cc1. The second-order valence-corrected chi connectivity index (χ2v) is 4.24. The maximum absolute atomic E-state index is 9.22. The van der Waals surface area contributed by atoms with Crippen molar-refractivity contribution < 1.29 is 4.74 Å². The highest BCUT2D eigenvalue weighted by Gasteiger charge is 2.15. The van der Waals surface area contributed by atoms with Crippen LogP contribution in [0, 0.1) is 11.3 Å². The number of benzene rings is 1. The van der Waals surface area contributed by atoms with E-state index in [1.54, 1.807) is 24.2 Å². The van der Waals surface area contributed by atoms with Gasteiger partial charge in [0.05, 0.1) is 12.8 Å². The van der Waals surface area contributed by atoms with Gasteiger partial charge in [0.1, 0.15) is 17.5 Å². The zero-order chi connectivity index (χ0) is 14.7. The van der Waals surface area contributed by atoms with Crippen LogP contribution in [0.5, 0.6) is 5.75 Å². The monoisotopic (exact) mass is 277 g/mol. The topological polar surface area (TPSA) is 76.6 Å². The number of nitrogens with zero attached hydrogens (tertiary/aromatic N) is 5. The molecule has 0 aliphatic carbocycles.